The van der Waals surface area contributed by atoms with Crippen LogP contribution in [0.4, 0.5) is 0 Å². The molecule has 24 heavy (non-hydrogen) atoms. The molecule has 124 valence electrons. The Balaban J connectivity index is 1.78. The van der Waals surface area contributed by atoms with Crippen LogP contribution in [0.2, 0.25) is 5.02 Å². The molecule has 1 N–H and O–H groups in total. The third-order valence-corrected chi connectivity index (χ3v) is 4.54. The SMILES string of the molecule is O=C(N[C@@H](CC(=O)N1CCC1)c1ccccc1)c1ccccc1Cl. The Morgan fingerprint density at radius 3 is 2.33 bits per heavy atom. The van der Waals surface area contributed by atoms with E-state index in [1.165, 1.54) is 0 Å². The molecule has 1 atom stereocenters. The Kier molecular flexibility index (Phi) is 5.16. The lowest BCUT2D eigenvalue weighted by atomic mass is 10.0. The van der Waals surface area contributed by atoms with Crippen molar-refractivity contribution in [1.29, 1.82) is 0 Å². The summed E-state index contributed by atoms with van der Waals surface area (Å²) in [5.74, 6) is -0.208. The third-order valence-electron chi connectivity index (χ3n) is 4.21. The number of carbonyl (C=O) groups excluding carboxylic acids is 2. The number of rotatable bonds is 5. The van der Waals surface area contributed by atoms with Crippen molar-refractivity contribution in [2.75, 3.05) is 13.1 Å². The predicted molar refractivity (Wildman–Crippen MR) is 93.9 cm³/mol. The molecule has 1 aliphatic heterocycles. The molecule has 0 spiro atoms. The Labute approximate surface area is 146 Å². The molecular formula is C19H19ClN2O2. The molecule has 2 aromatic rings. The van der Waals surface area contributed by atoms with Crippen LogP contribution >= 0.6 is 11.6 Å². The highest BCUT2D eigenvalue weighted by atomic mass is 35.5. The van der Waals surface area contributed by atoms with Crippen LogP contribution in [-0.4, -0.2) is 29.8 Å². The van der Waals surface area contributed by atoms with Crippen molar-refractivity contribution in [3.8, 4) is 0 Å². The van der Waals surface area contributed by atoms with E-state index in [1.807, 2.05) is 35.2 Å². The molecule has 2 amide bonds. The number of benzene rings is 2. The van der Waals surface area contributed by atoms with Crippen molar-refractivity contribution >= 4 is 23.4 Å². The van der Waals surface area contributed by atoms with Gasteiger partial charge in [-0.25, -0.2) is 0 Å². The van der Waals surface area contributed by atoms with E-state index in [4.69, 9.17) is 11.6 Å². The van der Waals surface area contributed by atoms with Gasteiger partial charge in [0.25, 0.3) is 5.91 Å². The van der Waals surface area contributed by atoms with Gasteiger partial charge in [0, 0.05) is 13.1 Å². The zero-order chi connectivity index (χ0) is 16.9. The second-order valence-corrected chi connectivity index (χ2v) is 6.26. The quantitative estimate of drug-likeness (QED) is 0.905. The second kappa shape index (κ2) is 7.49. The van der Waals surface area contributed by atoms with E-state index in [-0.39, 0.29) is 24.3 Å². The summed E-state index contributed by atoms with van der Waals surface area (Å²) in [4.78, 5) is 26.7. The molecule has 1 aliphatic rings. The van der Waals surface area contributed by atoms with Gasteiger partial charge in [0.1, 0.15) is 0 Å². The van der Waals surface area contributed by atoms with Crippen LogP contribution in [0.1, 0.15) is 34.8 Å². The molecule has 2 aromatic carbocycles. The number of nitrogens with zero attached hydrogens (tertiary/aromatic N) is 1. The Morgan fingerprint density at radius 1 is 1.04 bits per heavy atom. The summed E-state index contributed by atoms with van der Waals surface area (Å²) in [6.07, 6.45) is 1.30. The molecule has 5 heteroatoms. The van der Waals surface area contributed by atoms with Crippen molar-refractivity contribution < 1.29 is 9.59 Å². The fourth-order valence-corrected chi connectivity index (χ4v) is 2.91. The van der Waals surface area contributed by atoms with Gasteiger partial charge in [0.2, 0.25) is 5.91 Å². The van der Waals surface area contributed by atoms with Crippen molar-refractivity contribution in [2.45, 2.75) is 18.9 Å². The van der Waals surface area contributed by atoms with Gasteiger partial charge in [-0.15, -0.1) is 0 Å². The molecule has 1 heterocycles. The van der Waals surface area contributed by atoms with Crippen molar-refractivity contribution in [3.63, 3.8) is 0 Å². The first kappa shape index (κ1) is 16.5. The lowest BCUT2D eigenvalue weighted by Crippen LogP contribution is -2.44. The standard InChI is InChI=1S/C19H19ClN2O2/c20-16-10-5-4-9-15(16)19(24)21-17(14-7-2-1-3-8-14)13-18(23)22-11-6-12-22/h1-5,7-10,17H,6,11-13H2,(H,21,24)/t17-/m0/s1. The first-order valence-corrected chi connectivity index (χ1v) is 8.41. The minimum Gasteiger partial charge on any atom is -0.345 e. The van der Waals surface area contributed by atoms with Gasteiger partial charge < -0.3 is 10.2 Å². The highest BCUT2D eigenvalue weighted by molar-refractivity contribution is 6.33. The summed E-state index contributed by atoms with van der Waals surface area (Å²) in [7, 11) is 0. The molecule has 1 fully saturated rings. The van der Waals surface area contributed by atoms with Gasteiger partial charge in [-0.05, 0) is 24.1 Å². The van der Waals surface area contributed by atoms with Crippen LogP contribution in [0.25, 0.3) is 0 Å². The summed E-state index contributed by atoms with van der Waals surface area (Å²) in [6, 6.07) is 16.1. The Bertz CT molecular complexity index is 729. The average molecular weight is 343 g/mol. The molecule has 4 nitrogen and oxygen atoms in total. The number of likely N-dealkylation sites (tertiary alicyclic amines) is 1. The minimum absolute atomic E-state index is 0.0644. The molecule has 1 saturated heterocycles. The highest BCUT2D eigenvalue weighted by Crippen LogP contribution is 2.22. The number of nitrogens with one attached hydrogen (secondary N) is 1. The highest BCUT2D eigenvalue weighted by Gasteiger charge is 2.25. The van der Waals surface area contributed by atoms with Crippen LogP contribution < -0.4 is 5.32 Å². The summed E-state index contributed by atoms with van der Waals surface area (Å²) < 4.78 is 0. The van der Waals surface area contributed by atoms with Gasteiger partial charge in [0.15, 0.2) is 0 Å². The Morgan fingerprint density at radius 2 is 1.71 bits per heavy atom. The van der Waals surface area contributed by atoms with Crippen LogP contribution in [0, 0.1) is 0 Å². The van der Waals surface area contributed by atoms with Gasteiger partial charge in [-0.1, -0.05) is 54.1 Å². The van der Waals surface area contributed by atoms with Crippen molar-refractivity contribution in [3.05, 3.63) is 70.7 Å². The Hall–Kier alpha value is -2.33. The van der Waals surface area contributed by atoms with E-state index in [2.05, 4.69) is 5.32 Å². The fourth-order valence-electron chi connectivity index (χ4n) is 2.69. The average Bonchev–Trinajstić information content (AvgIpc) is 2.53. The second-order valence-electron chi connectivity index (χ2n) is 5.86. The summed E-state index contributed by atoms with van der Waals surface area (Å²) in [6.45, 7) is 1.61. The summed E-state index contributed by atoms with van der Waals surface area (Å²) in [5, 5.41) is 3.35. The number of hydrogen-bond donors (Lipinski definition) is 1. The zero-order valence-electron chi connectivity index (χ0n) is 13.2. The number of amides is 2. The normalized spacial score (nSPS) is 14.6. The fraction of sp³-hybridized carbons (Fsp3) is 0.263. The first-order chi connectivity index (χ1) is 11.6. The number of hydrogen-bond acceptors (Lipinski definition) is 2. The third kappa shape index (κ3) is 3.77. The largest absolute Gasteiger partial charge is 0.345 e. The first-order valence-electron chi connectivity index (χ1n) is 8.03. The molecule has 0 aliphatic carbocycles. The molecule has 0 radical (unpaired) electrons. The van der Waals surface area contributed by atoms with E-state index >= 15 is 0 Å². The maximum Gasteiger partial charge on any atom is 0.253 e. The minimum atomic E-state index is -0.372. The summed E-state index contributed by atoms with van der Waals surface area (Å²) in [5.41, 5.74) is 1.32. The molecule has 0 bridgehead atoms. The molecule has 0 saturated carbocycles. The maximum absolute atomic E-state index is 12.6. The lowest BCUT2D eigenvalue weighted by Gasteiger charge is -2.32. The molecule has 3 rings (SSSR count). The van der Waals surface area contributed by atoms with E-state index < -0.39 is 0 Å². The van der Waals surface area contributed by atoms with Gasteiger partial charge in [-0.3, -0.25) is 9.59 Å². The van der Waals surface area contributed by atoms with Crippen LogP contribution in [0.15, 0.2) is 54.6 Å². The molecule has 0 aromatic heterocycles. The summed E-state index contributed by atoms with van der Waals surface area (Å²) >= 11 is 6.10. The van der Waals surface area contributed by atoms with Gasteiger partial charge in [0.05, 0.1) is 23.0 Å². The predicted octanol–water partition coefficient (Wildman–Crippen LogP) is 3.43. The topological polar surface area (TPSA) is 49.4 Å². The lowest BCUT2D eigenvalue weighted by molar-refractivity contribution is -0.135. The smallest absolute Gasteiger partial charge is 0.253 e. The van der Waals surface area contributed by atoms with Crippen LogP contribution in [-0.2, 0) is 4.79 Å². The van der Waals surface area contributed by atoms with E-state index in [9.17, 15) is 9.59 Å². The number of carbonyl (C=O) groups is 2. The van der Waals surface area contributed by atoms with Crippen LogP contribution in [0.5, 0.6) is 0 Å². The van der Waals surface area contributed by atoms with Crippen molar-refractivity contribution in [2.24, 2.45) is 0 Å². The number of halogens is 1. The van der Waals surface area contributed by atoms with Gasteiger partial charge >= 0.3 is 0 Å². The molecule has 0 unspecified atom stereocenters. The monoisotopic (exact) mass is 342 g/mol. The van der Waals surface area contributed by atoms with Gasteiger partial charge in [-0.2, -0.15) is 0 Å². The van der Waals surface area contributed by atoms with Crippen molar-refractivity contribution in [1.82, 2.24) is 10.2 Å². The van der Waals surface area contributed by atoms with E-state index in [1.54, 1.807) is 24.3 Å². The van der Waals surface area contributed by atoms with E-state index in [0.717, 1.165) is 25.1 Å². The maximum atomic E-state index is 12.6. The molecular weight excluding hydrogens is 324 g/mol. The van der Waals surface area contributed by atoms with Crippen LogP contribution in [0.3, 0.4) is 0 Å². The zero-order valence-corrected chi connectivity index (χ0v) is 14.0. The van der Waals surface area contributed by atoms with E-state index in [0.29, 0.717) is 10.6 Å².